The molecule has 2 aliphatic rings. The van der Waals surface area contributed by atoms with E-state index in [9.17, 15) is 0 Å². The minimum absolute atomic E-state index is 0. The maximum atomic E-state index is 2.53. The first-order valence-corrected chi connectivity index (χ1v) is 16.9. The minimum Gasteiger partial charge on any atom is -1.00 e. The molecule has 0 aliphatic heterocycles. The molecule has 4 rings (SSSR count). The zero-order valence-corrected chi connectivity index (χ0v) is 23.3. The summed E-state index contributed by atoms with van der Waals surface area (Å²) in [6.45, 7) is 12.1. The first kappa shape index (κ1) is 23.7. The van der Waals surface area contributed by atoms with Crippen molar-refractivity contribution >= 4 is 16.9 Å². The summed E-state index contributed by atoms with van der Waals surface area (Å²) in [4.78, 5) is 0. The predicted octanol–water partition coefficient (Wildman–Crippen LogP) is 0.650. The quantitative estimate of drug-likeness (QED) is 0.460. The van der Waals surface area contributed by atoms with Gasteiger partial charge in [-0.25, -0.2) is 0 Å². The maximum Gasteiger partial charge on any atom is -1.00 e. The first-order valence-electron chi connectivity index (χ1n) is 9.57. The Balaban J connectivity index is 0.00000140. The van der Waals surface area contributed by atoms with Gasteiger partial charge in [-0.15, -0.1) is 0 Å². The van der Waals surface area contributed by atoms with Crippen molar-refractivity contribution in [3.63, 3.8) is 0 Å². The molecule has 0 N–H and O–H groups in total. The Labute approximate surface area is 194 Å². The minimum atomic E-state index is -1.24. The van der Waals surface area contributed by atoms with E-state index >= 15 is 0 Å². The summed E-state index contributed by atoms with van der Waals surface area (Å²) in [5.74, 6) is 0. The number of hydrogen-bond donors (Lipinski definition) is 0. The van der Waals surface area contributed by atoms with Gasteiger partial charge in [-0.2, -0.15) is 0 Å². The van der Waals surface area contributed by atoms with E-state index in [1.807, 2.05) is 0 Å². The summed E-state index contributed by atoms with van der Waals surface area (Å²) in [7, 11) is -1.24. The van der Waals surface area contributed by atoms with Crippen LogP contribution in [0.3, 0.4) is 0 Å². The smallest absolute Gasteiger partial charge is 1.00 e. The summed E-state index contributed by atoms with van der Waals surface area (Å²) in [5.41, 5.74) is 9.31. The number of fused-ring (bicyclic) bond motifs is 3. The molecule has 4 heteroatoms. The Kier molecular flexibility index (Phi) is 7.70. The van der Waals surface area contributed by atoms with Crippen molar-refractivity contribution in [1.29, 1.82) is 0 Å². The molecule has 0 nitrogen and oxygen atoms in total. The molecule has 145 valence electrons. The van der Waals surface area contributed by atoms with Crippen molar-refractivity contribution in [2.45, 2.75) is 43.6 Å². The van der Waals surface area contributed by atoms with Crippen LogP contribution in [0, 0.1) is 0 Å². The summed E-state index contributed by atoms with van der Waals surface area (Å²) >= 11 is -0.880. The van der Waals surface area contributed by atoms with E-state index in [2.05, 4.69) is 88.1 Å². The zero-order valence-electron chi connectivity index (χ0n) is 17.2. The van der Waals surface area contributed by atoms with Gasteiger partial charge in [-0.05, 0) is 0 Å². The molecule has 28 heavy (non-hydrogen) atoms. The van der Waals surface area contributed by atoms with Crippen LogP contribution >= 0.6 is 0 Å². The molecule has 0 bridgehead atoms. The average molecular weight is 593 g/mol. The second-order valence-corrected chi connectivity index (χ2v) is 20.5. The second kappa shape index (κ2) is 9.08. The van der Waals surface area contributed by atoms with Crippen LogP contribution < -0.4 is 24.8 Å². The van der Waals surface area contributed by atoms with Crippen molar-refractivity contribution in [2.24, 2.45) is 0 Å². The second-order valence-electron chi connectivity index (χ2n) is 8.71. The van der Waals surface area contributed by atoms with Gasteiger partial charge in [0.05, 0.1) is 0 Å². The SMILES string of the molecule is C[C](C)=[Hf+2][CH]1c2ccccc2-c2cccc(C3=CC([Si](C)(C)C)=CC3)c21.[Cl-].[Cl-]. The van der Waals surface area contributed by atoms with Crippen molar-refractivity contribution in [3.8, 4) is 11.1 Å². The first-order chi connectivity index (χ1) is 12.4. The van der Waals surface area contributed by atoms with Crippen LogP contribution in [0.1, 0.15) is 40.6 Å². The van der Waals surface area contributed by atoms with Gasteiger partial charge in [0.2, 0.25) is 0 Å². The molecule has 0 aromatic heterocycles. The van der Waals surface area contributed by atoms with Crippen LogP contribution in [0.2, 0.25) is 19.6 Å². The van der Waals surface area contributed by atoms with Crippen LogP contribution in [0.4, 0.5) is 0 Å². The van der Waals surface area contributed by atoms with E-state index in [0.29, 0.717) is 3.67 Å². The summed E-state index contributed by atoms with van der Waals surface area (Å²) < 4.78 is 2.40. The molecule has 0 amide bonds. The van der Waals surface area contributed by atoms with Crippen LogP contribution in [0.25, 0.3) is 16.7 Å². The number of halogens is 2. The van der Waals surface area contributed by atoms with Crippen LogP contribution in [-0.2, 0) is 22.4 Å². The molecule has 0 fully saturated rings. The third-order valence-corrected chi connectivity index (χ3v) is 12.8. The molecule has 0 heterocycles. The molecular weight excluding hydrogens is 566 g/mol. The van der Waals surface area contributed by atoms with Crippen LogP contribution in [0.5, 0.6) is 0 Å². The Morgan fingerprint density at radius 2 is 1.54 bits per heavy atom. The van der Waals surface area contributed by atoms with E-state index in [1.165, 1.54) is 16.7 Å². The number of allylic oxidation sites excluding steroid dienone is 4. The van der Waals surface area contributed by atoms with Crippen LogP contribution in [0.15, 0.2) is 59.8 Å². The van der Waals surface area contributed by atoms with Gasteiger partial charge in [-0.1, -0.05) is 0 Å². The molecular formula is C24H27Cl2HfSi. The van der Waals surface area contributed by atoms with Gasteiger partial charge in [0, 0.05) is 0 Å². The van der Waals surface area contributed by atoms with E-state index < -0.39 is 30.5 Å². The van der Waals surface area contributed by atoms with Crippen molar-refractivity contribution < 1.29 is 47.2 Å². The van der Waals surface area contributed by atoms with E-state index in [-0.39, 0.29) is 24.8 Å². The van der Waals surface area contributed by atoms with Gasteiger partial charge >= 0.3 is 171 Å². The molecule has 0 radical (unpaired) electrons. The molecule has 0 saturated heterocycles. The summed E-state index contributed by atoms with van der Waals surface area (Å²) in [6, 6.07) is 16.2. The number of rotatable bonds is 3. The fraction of sp³-hybridized carbons (Fsp3) is 0.292. The molecule has 1 atom stereocenters. The topological polar surface area (TPSA) is 0 Å². The number of benzene rings is 2. The molecule has 2 aliphatic carbocycles. The Morgan fingerprint density at radius 3 is 2.18 bits per heavy atom. The van der Waals surface area contributed by atoms with Crippen LogP contribution in [-0.4, -0.2) is 11.3 Å². The van der Waals surface area contributed by atoms with Gasteiger partial charge in [-0.3, -0.25) is 0 Å². The normalized spacial score (nSPS) is 16.7. The van der Waals surface area contributed by atoms with Crippen molar-refractivity contribution in [1.82, 2.24) is 0 Å². The molecule has 0 saturated carbocycles. The van der Waals surface area contributed by atoms with Gasteiger partial charge in [0.15, 0.2) is 0 Å². The zero-order chi connectivity index (χ0) is 18.5. The Morgan fingerprint density at radius 1 is 0.893 bits per heavy atom. The van der Waals surface area contributed by atoms with E-state index in [0.717, 1.165) is 6.42 Å². The monoisotopic (exact) mass is 593 g/mol. The van der Waals surface area contributed by atoms with Crippen molar-refractivity contribution in [2.75, 3.05) is 0 Å². The third kappa shape index (κ3) is 4.31. The largest absolute Gasteiger partial charge is 1.00 e. The van der Waals surface area contributed by atoms with Gasteiger partial charge < -0.3 is 24.8 Å². The standard InChI is InChI=1S/C21H21Si.C3H6.2ClH.Hf/c1-22(2,3)17-12-11-16(13-17)19-9-6-10-20-18-8-5-4-7-15(18)14-21(19)20;1-3-2;;;/h4-10,12-14H,11H2,1-3H3;1-2H3;2*1H;/q;;;;+2/p-2. The number of hydrogen-bond acceptors (Lipinski definition) is 0. The fourth-order valence-electron chi connectivity index (χ4n) is 4.22. The van der Waals surface area contributed by atoms with E-state index in [1.54, 1.807) is 25.2 Å². The Bertz CT molecular complexity index is 976. The third-order valence-electron chi connectivity index (χ3n) is 5.47. The van der Waals surface area contributed by atoms with E-state index in [4.69, 9.17) is 0 Å². The van der Waals surface area contributed by atoms with Gasteiger partial charge in [0.25, 0.3) is 0 Å². The summed E-state index contributed by atoms with van der Waals surface area (Å²) in [6.07, 6.45) is 6.14. The van der Waals surface area contributed by atoms with Gasteiger partial charge in [0.1, 0.15) is 0 Å². The Hall–Kier alpha value is -0.543. The van der Waals surface area contributed by atoms with Crippen molar-refractivity contribution in [3.05, 3.63) is 76.5 Å². The predicted molar refractivity (Wildman–Crippen MR) is 114 cm³/mol. The molecule has 2 aromatic carbocycles. The molecule has 2 aromatic rings. The average Bonchev–Trinajstić information content (AvgIpc) is 3.19. The summed E-state index contributed by atoms with van der Waals surface area (Å²) in [5, 5.41) is 1.62. The maximum absolute atomic E-state index is 2.53. The molecule has 1 unspecified atom stereocenters. The molecule has 0 spiro atoms. The fourth-order valence-corrected chi connectivity index (χ4v) is 10.7.